The molecular formula is C36H31F2N3O7S. The van der Waals surface area contributed by atoms with Gasteiger partial charge >= 0.3 is 5.97 Å². The number of fused-ring (bicyclic) bond motifs is 2. The van der Waals surface area contributed by atoms with Crippen molar-refractivity contribution in [2.75, 3.05) is 24.7 Å². The van der Waals surface area contributed by atoms with Gasteiger partial charge < -0.3 is 19.5 Å². The number of aromatic carboxylic acids is 1. The predicted octanol–water partition coefficient (Wildman–Crippen LogP) is 5.94. The highest BCUT2D eigenvalue weighted by Gasteiger charge is 2.38. The lowest BCUT2D eigenvalue weighted by atomic mass is 9.98. The van der Waals surface area contributed by atoms with E-state index in [-0.39, 0.29) is 59.2 Å². The van der Waals surface area contributed by atoms with E-state index in [0.717, 1.165) is 33.8 Å². The third kappa shape index (κ3) is 6.74. The van der Waals surface area contributed by atoms with Gasteiger partial charge in [0, 0.05) is 37.3 Å². The van der Waals surface area contributed by atoms with Gasteiger partial charge in [-0.2, -0.15) is 0 Å². The number of methoxy groups -OCH3 is 1. The molecule has 2 heterocycles. The zero-order valence-corrected chi connectivity index (χ0v) is 27.6. The number of anilines is 1. The van der Waals surface area contributed by atoms with Crippen LogP contribution in [0.15, 0.2) is 79.0 Å². The number of carbonyl (C=O) groups is 2. The number of halogens is 2. The normalized spacial score (nSPS) is 12.7. The number of aromatic nitrogens is 1. The zero-order valence-electron chi connectivity index (χ0n) is 26.7. The van der Waals surface area contributed by atoms with E-state index in [9.17, 15) is 31.9 Å². The minimum Gasteiger partial charge on any atom is -0.497 e. The Morgan fingerprint density at radius 3 is 2.31 bits per heavy atom. The summed E-state index contributed by atoms with van der Waals surface area (Å²) in [5, 5.41) is 10.1. The van der Waals surface area contributed by atoms with Crippen LogP contribution in [0.2, 0.25) is 0 Å². The van der Waals surface area contributed by atoms with Crippen LogP contribution in [-0.2, 0) is 36.1 Å². The predicted molar refractivity (Wildman–Crippen MR) is 178 cm³/mol. The summed E-state index contributed by atoms with van der Waals surface area (Å²) < 4.78 is 66.4. The van der Waals surface area contributed by atoms with Gasteiger partial charge in [-0.3, -0.25) is 14.1 Å². The van der Waals surface area contributed by atoms with Crippen molar-refractivity contribution in [1.29, 1.82) is 0 Å². The molecule has 0 saturated carbocycles. The van der Waals surface area contributed by atoms with E-state index < -0.39 is 27.7 Å². The van der Waals surface area contributed by atoms with Crippen LogP contribution in [0, 0.1) is 11.6 Å². The zero-order chi connectivity index (χ0) is 35.0. The third-order valence-electron chi connectivity index (χ3n) is 8.42. The summed E-state index contributed by atoms with van der Waals surface area (Å²) in [6, 6.07) is 18.2. The molecule has 0 spiro atoms. The first-order chi connectivity index (χ1) is 23.3. The summed E-state index contributed by atoms with van der Waals surface area (Å²) in [6.07, 6.45) is 3.00. The summed E-state index contributed by atoms with van der Waals surface area (Å²) in [5.74, 6) is -2.24. The molecule has 49 heavy (non-hydrogen) atoms. The van der Waals surface area contributed by atoms with E-state index in [1.54, 1.807) is 55.8 Å². The van der Waals surface area contributed by atoms with Gasteiger partial charge in [-0.1, -0.05) is 30.3 Å². The molecule has 1 aromatic heterocycles. The molecule has 13 heteroatoms. The Bertz CT molecular complexity index is 2210. The van der Waals surface area contributed by atoms with Crippen LogP contribution in [0.1, 0.15) is 48.5 Å². The lowest BCUT2D eigenvalue weighted by Crippen LogP contribution is -2.27. The van der Waals surface area contributed by atoms with E-state index in [1.807, 2.05) is 0 Å². The number of nitrogens with zero attached hydrogens (tertiary/aromatic N) is 3. The number of benzene rings is 4. The monoisotopic (exact) mass is 687 g/mol. The minimum absolute atomic E-state index is 0.0280. The lowest BCUT2D eigenvalue weighted by molar-refractivity contribution is 0.0685. The second-order valence-corrected chi connectivity index (χ2v) is 13.7. The van der Waals surface area contributed by atoms with Crippen LogP contribution in [0.5, 0.6) is 11.5 Å². The molecule has 6 rings (SSSR count). The van der Waals surface area contributed by atoms with Gasteiger partial charge in [0.1, 0.15) is 29.5 Å². The van der Waals surface area contributed by atoms with Crippen molar-refractivity contribution >= 4 is 38.5 Å². The molecule has 1 aliphatic heterocycles. The molecule has 0 radical (unpaired) electrons. The number of carboxylic acids is 1. The highest BCUT2D eigenvalue weighted by atomic mass is 32.2. The van der Waals surface area contributed by atoms with Gasteiger partial charge in [-0.15, -0.1) is 0 Å². The summed E-state index contributed by atoms with van der Waals surface area (Å²) in [5.41, 5.74) is 3.03. The highest BCUT2D eigenvalue weighted by Crippen LogP contribution is 2.46. The highest BCUT2D eigenvalue weighted by molar-refractivity contribution is 7.92. The Kier molecular flexibility index (Phi) is 8.95. The number of sulfonamides is 1. The summed E-state index contributed by atoms with van der Waals surface area (Å²) >= 11 is 0. The summed E-state index contributed by atoms with van der Waals surface area (Å²) in [4.78, 5) is 32.3. The Hall–Kier alpha value is -5.56. The van der Waals surface area contributed by atoms with Crippen molar-refractivity contribution in [3.8, 4) is 11.5 Å². The van der Waals surface area contributed by atoms with Gasteiger partial charge in [-0.05, 0) is 71.1 Å². The number of ether oxygens (including phenoxy) is 2. The number of pyridine rings is 1. The van der Waals surface area contributed by atoms with Crippen molar-refractivity contribution in [1.82, 2.24) is 9.88 Å². The van der Waals surface area contributed by atoms with E-state index in [0.29, 0.717) is 28.7 Å². The Labute approximate surface area is 281 Å². The average molecular weight is 688 g/mol. The first-order valence-electron chi connectivity index (χ1n) is 15.1. The van der Waals surface area contributed by atoms with E-state index in [1.165, 1.54) is 30.1 Å². The number of rotatable bonds is 11. The van der Waals surface area contributed by atoms with Gasteiger partial charge in [0.2, 0.25) is 10.0 Å². The van der Waals surface area contributed by atoms with Crippen LogP contribution in [0.25, 0.3) is 10.9 Å². The number of carbonyl (C=O) groups excluding carboxylic acids is 1. The largest absolute Gasteiger partial charge is 0.497 e. The maximum absolute atomic E-state index is 14.3. The van der Waals surface area contributed by atoms with Gasteiger partial charge in [-0.25, -0.2) is 22.0 Å². The van der Waals surface area contributed by atoms with Crippen molar-refractivity contribution < 1.29 is 41.4 Å². The lowest BCUT2D eigenvalue weighted by Gasteiger charge is -2.24. The van der Waals surface area contributed by atoms with Crippen LogP contribution in [0.4, 0.5) is 14.5 Å². The maximum atomic E-state index is 14.3. The second-order valence-electron chi connectivity index (χ2n) is 11.7. The standard InChI is InChI=1S/C36H31F2N3O7S/c1-40(49(3,45)46)33-29-15-23(14-21-4-9-25(37)10-5-21)17-39-32(29)34(48-20-22-6-12-27(47-2)13-7-22)31-30(33)19-41(35(31)42)18-24-8-11-26(38)16-28(24)36(43)44/h4-13,15-17H,14,18-20H2,1-3H3,(H,43,44). The molecule has 0 saturated heterocycles. The molecule has 0 fully saturated rings. The number of hydrogen-bond acceptors (Lipinski definition) is 7. The number of carboxylic acid groups (broad SMARTS) is 1. The summed E-state index contributed by atoms with van der Waals surface area (Å²) in [7, 11) is -0.945. The number of hydrogen-bond donors (Lipinski definition) is 1. The molecule has 0 aliphatic carbocycles. The van der Waals surface area contributed by atoms with Crippen molar-refractivity contribution in [3.63, 3.8) is 0 Å². The Morgan fingerprint density at radius 2 is 1.65 bits per heavy atom. The molecule has 0 atom stereocenters. The minimum atomic E-state index is -3.87. The van der Waals surface area contributed by atoms with Crippen LogP contribution >= 0.6 is 0 Å². The van der Waals surface area contributed by atoms with Gasteiger partial charge in [0.15, 0.2) is 5.75 Å². The fourth-order valence-corrected chi connectivity index (χ4v) is 6.44. The molecule has 10 nitrogen and oxygen atoms in total. The molecular weight excluding hydrogens is 656 g/mol. The fraction of sp³-hybridized carbons (Fsp3) is 0.194. The second kappa shape index (κ2) is 13.2. The molecule has 1 amide bonds. The van der Waals surface area contributed by atoms with Crippen molar-refractivity contribution in [2.24, 2.45) is 0 Å². The molecule has 5 aromatic rings. The van der Waals surface area contributed by atoms with Crippen LogP contribution in [0.3, 0.4) is 0 Å². The first-order valence-corrected chi connectivity index (χ1v) is 16.9. The SMILES string of the molecule is COc1ccc(COc2c3c(c(N(C)S(C)(=O)=O)c4cc(Cc5ccc(F)cc5)cnc24)CN(Cc2ccc(F)cc2C(=O)O)C3=O)cc1. The first kappa shape index (κ1) is 33.3. The fourth-order valence-electron chi connectivity index (χ4n) is 5.90. The molecule has 0 bridgehead atoms. The molecule has 1 N–H and O–H groups in total. The quantitative estimate of drug-likeness (QED) is 0.181. The molecule has 4 aromatic carbocycles. The molecule has 252 valence electrons. The van der Waals surface area contributed by atoms with E-state index >= 15 is 0 Å². The van der Waals surface area contributed by atoms with Crippen LogP contribution in [-0.4, -0.2) is 55.7 Å². The van der Waals surface area contributed by atoms with E-state index in [2.05, 4.69) is 0 Å². The average Bonchev–Trinajstić information content (AvgIpc) is 3.39. The molecule has 1 aliphatic rings. The van der Waals surface area contributed by atoms with E-state index in [4.69, 9.17) is 14.5 Å². The molecule has 0 unspecified atom stereocenters. The maximum Gasteiger partial charge on any atom is 0.336 e. The smallest absolute Gasteiger partial charge is 0.336 e. The van der Waals surface area contributed by atoms with Crippen molar-refractivity contribution in [3.05, 3.63) is 130 Å². The van der Waals surface area contributed by atoms with Gasteiger partial charge in [0.05, 0.1) is 30.2 Å². The summed E-state index contributed by atoms with van der Waals surface area (Å²) in [6.45, 7) is -0.272. The Morgan fingerprint density at radius 1 is 0.980 bits per heavy atom. The third-order valence-corrected chi connectivity index (χ3v) is 9.60. The van der Waals surface area contributed by atoms with Crippen molar-refractivity contribution in [2.45, 2.75) is 26.1 Å². The van der Waals surface area contributed by atoms with Crippen LogP contribution < -0.4 is 13.8 Å². The number of amides is 1. The topological polar surface area (TPSA) is 126 Å². The van der Waals surface area contributed by atoms with Gasteiger partial charge in [0.25, 0.3) is 5.91 Å². The Balaban J connectivity index is 1.52.